The summed E-state index contributed by atoms with van der Waals surface area (Å²) in [6.07, 6.45) is 7.97. The molecule has 2 atom stereocenters. The van der Waals surface area contributed by atoms with Crippen molar-refractivity contribution in [1.82, 2.24) is 24.4 Å². The van der Waals surface area contributed by atoms with Crippen molar-refractivity contribution < 1.29 is 24.5 Å². The molecule has 4 N–H and O–H groups in total. The second kappa shape index (κ2) is 11.0. The van der Waals surface area contributed by atoms with Gasteiger partial charge in [0.25, 0.3) is 0 Å². The predicted molar refractivity (Wildman–Crippen MR) is 143 cm³/mol. The Morgan fingerprint density at radius 3 is 2.47 bits per heavy atom. The van der Waals surface area contributed by atoms with Gasteiger partial charge in [0.15, 0.2) is 11.6 Å². The van der Waals surface area contributed by atoms with Crippen molar-refractivity contribution in [2.75, 3.05) is 31.9 Å². The number of rotatable bonds is 3. The Morgan fingerprint density at radius 1 is 1.13 bits per heavy atom. The molecule has 3 aliphatic heterocycles. The molecule has 3 aliphatic rings. The number of piperidine rings is 1. The molecule has 0 aromatic carbocycles. The summed E-state index contributed by atoms with van der Waals surface area (Å²) in [6, 6.07) is 4.02. The predicted octanol–water partition coefficient (Wildman–Crippen LogP) is 3.10. The Labute approximate surface area is 224 Å². The molecule has 1 spiro atoms. The maximum Gasteiger partial charge on any atom is 0.410 e. The minimum absolute atomic E-state index is 0.0272. The second-order valence-electron chi connectivity index (χ2n) is 12.3. The molecule has 38 heavy (non-hydrogen) atoms. The fourth-order valence-corrected chi connectivity index (χ4v) is 5.80. The van der Waals surface area contributed by atoms with Gasteiger partial charge in [-0.15, -0.1) is 0 Å². The second-order valence-corrected chi connectivity index (χ2v) is 12.3. The average Bonchev–Trinajstić information content (AvgIpc) is 3.52. The number of likely N-dealkylation sites (tertiary alicyclic amines) is 2. The molecule has 0 bridgehead atoms. The summed E-state index contributed by atoms with van der Waals surface area (Å²) in [5.74, 6) is -1.01. The lowest BCUT2D eigenvalue weighted by Gasteiger charge is -2.45. The van der Waals surface area contributed by atoms with Crippen LogP contribution in [-0.2, 0) is 9.47 Å². The number of carbonyl (C=O) groups excluding carboxylic acids is 1. The summed E-state index contributed by atoms with van der Waals surface area (Å²) in [5, 5.41) is 20.5. The Kier molecular flexibility index (Phi) is 8.23. The first-order valence-electron chi connectivity index (χ1n) is 13.7. The third-order valence-electron chi connectivity index (χ3n) is 7.46. The van der Waals surface area contributed by atoms with Crippen molar-refractivity contribution in [3.05, 3.63) is 24.2 Å². The van der Waals surface area contributed by atoms with E-state index in [-0.39, 0.29) is 23.8 Å². The Bertz CT molecular complexity index is 1090. The molecular weight excluding hydrogens is 488 g/mol. The number of ether oxygens (including phenoxy) is 2. The SMILES string of the molecule is CC(C)(C)OC(=O)N1CCC2(CCCN2C[C@@H]2CC[C@H](c3ccc4c(N)ncnn34)O2)CC1.CC(C)(O)O. The van der Waals surface area contributed by atoms with E-state index in [2.05, 4.69) is 21.0 Å². The smallest absolute Gasteiger partial charge is 0.410 e. The number of hydrogen-bond acceptors (Lipinski definition) is 9. The van der Waals surface area contributed by atoms with Gasteiger partial charge in [-0.3, -0.25) is 4.90 Å². The van der Waals surface area contributed by atoms with E-state index in [9.17, 15) is 4.79 Å². The Morgan fingerprint density at radius 2 is 1.82 bits per heavy atom. The number of aliphatic hydroxyl groups is 2. The third-order valence-corrected chi connectivity index (χ3v) is 7.46. The lowest BCUT2D eigenvalue weighted by atomic mass is 9.85. The van der Waals surface area contributed by atoms with Gasteiger partial charge in [0.2, 0.25) is 0 Å². The highest BCUT2D eigenvalue weighted by molar-refractivity contribution is 5.68. The van der Waals surface area contributed by atoms with Crippen LogP contribution in [0.5, 0.6) is 0 Å². The van der Waals surface area contributed by atoms with Crippen LogP contribution in [-0.4, -0.2) is 89.9 Å². The lowest BCUT2D eigenvalue weighted by Crippen LogP contribution is -2.55. The van der Waals surface area contributed by atoms with Crippen LogP contribution in [0.2, 0.25) is 0 Å². The molecular formula is C27H44N6O5. The van der Waals surface area contributed by atoms with Gasteiger partial charge in [0.05, 0.1) is 11.8 Å². The number of nitrogens with two attached hydrogens (primary N) is 1. The summed E-state index contributed by atoms with van der Waals surface area (Å²) in [6.45, 7) is 11.9. The van der Waals surface area contributed by atoms with Gasteiger partial charge >= 0.3 is 6.09 Å². The number of aromatic nitrogens is 3. The molecule has 5 rings (SSSR count). The molecule has 0 aliphatic carbocycles. The van der Waals surface area contributed by atoms with Gasteiger partial charge in [-0.05, 0) is 91.8 Å². The van der Waals surface area contributed by atoms with Crippen LogP contribution in [0.1, 0.15) is 84.9 Å². The standard InChI is InChI=1S/C24H36N6O3.C3H8O2/c1-23(2,3)33-22(31)28-13-10-24(11-14-28)9-4-12-29(24)15-17-5-8-20(32-17)18-6-7-19-21(25)26-16-27-30(18)19;1-3(2,4)5/h6-7,16-17,20H,4-5,8-15H2,1-3H3,(H2,25,26,27);4-5H,1-2H3/t17-,20+;/m0./s1. The number of amides is 1. The van der Waals surface area contributed by atoms with E-state index < -0.39 is 11.4 Å². The zero-order chi connectivity index (χ0) is 27.7. The topological polar surface area (TPSA) is 139 Å². The molecule has 5 heterocycles. The zero-order valence-corrected chi connectivity index (χ0v) is 23.4. The first-order valence-corrected chi connectivity index (χ1v) is 13.7. The summed E-state index contributed by atoms with van der Waals surface area (Å²) in [4.78, 5) is 21.1. The van der Waals surface area contributed by atoms with E-state index in [1.54, 1.807) is 0 Å². The molecule has 3 fully saturated rings. The lowest BCUT2D eigenvalue weighted by molar-refractivity contribution is -0.127. The van der Waals surface area contributed by atoms with Crippen LogP contribution >= 0.6 is 0 Å². The highest BCUT2D eigenvalue weighted by Gasteiger charge is 2.45. The molecule has 0 radical (unpaired) electrons. The Balaban J connectivity index is 0.000000617. The number of fused-ring (bicyclic) bond motifs is 1. The fraction of sp³-hybridized carbons (Fsp3) is 0.741. The van der Waals surface area contributed by atoms with E-state index in [4.69, 9.17) is 25.4 Å². The number of anilines is 1. The van der Waals surface area contributed by atoms with Crippen LogP contribution in [0.3, 0.4) is 0 Å². The van der Waals surface area contributed by atoms with Crippen LogP contribution < -0.4 is 5.73 Å². The quantitative estimate of drug-likeness (QED) is 0.509. The summed E-state index contributed by atoms with van der Waals surface area (Å²) in [7, 11) is 0. The number of hydrogen-bond donors (Lipinski definition) is 3. The van der Waals surface area contributed by atoms with Crippen molar-refractivity contribution in [1.29, 1.82) is 0 Å². The highest BCUT2D eigenvalue weighted by atomic mass is 16.6. The molecule has 0 unspecified atom stereocenters. The molecule has 2 aromatic rings. The average molecular weight is 533 g/mol. The highest BCUT2D eigenvalue weighted by Crippen LogP contribution is 2.41. The van der Waals surface area contributed by atoms with Crippen molar-refractivity contribution in [2.45, 2.75) is 102 Å². The van der Waals surface area contributed by atoms with Gasteiger partial charge in [0.1, 0.15) is 23.5 Å². The first kappa shape index (κ1) is 28.5. The number of carbonyl (C=O) groups is 1. The van der Waals surface area contributed by atoms with Gasteiger partial charge in [-0.1, -0.05) is 0 Å². The molecule has 0 saturated carbocycles. The summed E-state index contributed by atoms with van der Waals surface area (Å²) < 4.78 is 14.0. The maximum absolute atomic E-state index is 12.5. The van der Waals surface area contributed by atoms with E-state index in [1.165, 1.54) is 33.0 Å². The van der Waals surface area contributed by atoms with Crippen molar-refractivity contribution in [2.24, 2.45) is 0 Å². The minimum atomic E-state index is -1.50. The summed E-state index contributed by atoms with van der Waals surface area (Å²) in [5.41, 5.74) is 7.59. The molecule has 212 valence electrons. The number of nitrogens with zero attached hydrogens (tertiary/aromatic N) is 5. The third kappa shape index (κ3) is 6.93. The molecule has 11 heteroatoms. The van der Waals surface area contributed by atoms with E-state index in [0.717, 1.165) is 63.1 Å². The van der Waals surface area contributed by atoms with Crippen LogP contribution in [0, 0.1) is 0 Å². The van der Waals surface area contributed by atoms with Crippen LogP contribution in [0.15, 0.2) is 18.5 Å². The van der Waals surface area contributed by atoms with Crippen molar-refractivity contribution in [3.8, 4) is 0 Å². The van der Waals surface area contributed by atoms with Crippen LogP contribution in [0.4, 0.5) is 10.6 Å². The molecule has 3 saturated heterocycles. The van der Waals surface area contributed by atoms with Crippen molar-refractivity contribution >= 4 is 17.4 Å². The van der Waals surface area contributed by atoms with Gasteiger partial charge in [-0.25, -0.2) is 14.3 Å². The van der Waals surface area contributed by atoms with Gasteiger partial charge < -0.3 is 30.3 Å². The molecule has 11 nitrogen and oxygen atoms in total. The van der Waals surface area contributed by atoms with Gasteiger partial charge in [-0.2, -0.15) is 5.10 Å². The first-order chi connectivity index (χ1) is 17.7. The van der Waals surface area contributed by atoms with E-state index in [1.807, 2.05) is 36.3 Å². The molecule has 2 aromatic heterocycles. The Hall–Kier alpha value is -2.47. The normalized spacial score (nSPS) is 24.0. The minimum Gasteiger partial charge on any atom is -0.444 e. The summed E-state index contributed by atoms with van der Waals surface area (Å²) >= 11 is 0. The number of nitrogen functional groups attached to an aromatic ring is 1. The maximum atomic E-state index is 12.5. The van der Waals surface area contributed by atoms with Gasteiger partial charge in [0, 0.05) is 25.2 Å². The van der Waals surface area contributed by atoms with E-state index >= 15 is 0 Å². The molecule has 1 amide bonds. The van der Waals surface area contributed by atoms with Crippen molar-refractivity contribution in [3.63, 3.8) is 0 Å². The van der Waals surface area contributed by atoms with E-state index in [0.29, 0.717) is 5.82 Å². The monoisotopic (exact) mass is 532 g/mol. The largest absolute Gasteiger partial charge is 0.444 e. The fourth-order valence-electron chi connectivity index (χ4n) is 5.80. The van der Waals surface area contributed by atoms with Crippen LogP contribution in [0.25, 0.3) is 5.52 Å². The zero-order valence-electron chi connectivity index (χ0n) is 23.4.